The first kappa shape index (κ1) is 23.4. The van der Waals surface area contributed by atoms with E-state index in [1.165, 1.54) is 24.8 Å². The molecule has 0 amide bonds. The van der Waals surface area contributed by atoms with E-state index in [2.05, 4.69) is 60.6 Å². The fraction of sp³-hybridized carbons (Fsp3) is 0.444. The molecule has 2 aliphatic rings. The molecule has 7 heteroatoms. The highest BCUT2D eigenvalue weighted by Crippen LogP contribution is 2.43. The van der Waals surface area contributed by atoms with Gasteiger partial charge in [-0.3, -0.25) is 9.80 Å². The molecule has 0 spiro atoms. The lowest BCUT2D eigenvalue weighted by Crippen LogP contribution is -2.31. The van der Waals surface area contributed by atoms with E-state index in [1.54, 1.807) is 0 Å². The van der Waals surface area contributed by atoms with E-state index in [1.807, 2.05) is 20.0 Å². The molecule has 180 valence electrons. The van der Waals surface area contributed by atoms with Gasteiger partial charge in [-0.1, -0.05) is 36.8 Å². The first-order chi connectivity index (χ1) is 16.6. The Labute approximate surface area is 209 Å². The number of benzene rings is 2. The standard InChI is InChI=1S/C27H32BrN3O3/c1-3-33-27(32)25-23(17-30-12-8-5-9-13-30)31(15-19-10-6-4-7-11-19)22-14-21(28)26-20(24(22)25)16-29(2)18-34-26/h4,6-7,10-11,14H,3,5,8-9,12-13,15-18H2,1-2H3. The summed E-state index contributed by atoms with van der Waals surface area (Å²) in [6.45, 7) is 7.01. The van der Waals surface area contributed by atoms with Crippen molar-refractivity contribution >= 4 is 32.8 Å². The molecule has 0 aliphatic carbocycles. The van der Waals surface area contributed by atoms with E-state index in [9.17, 15) is 4.79 Å². The van der Waals surface area contributed by atoms with Crippen molar-refractivity contribution in [1.82, 2.24) is 14.4 Å². The van der Waals surface area contributed by atoms with Crippen molar-refractivity contribution in [3.8, 4) is 5.75 Å². The Kier molecular flexibility index (Phi) is 6.95. The van der Waals surface area contributed by atoms with Crippen molar-refractivity contribution in [3.05, 3.63) is 63.3 Å². The Bertz CT molecular complexity index is 1190. The number of hydrogen-bond donors (Lipinski definition) is 0. The van der Waals surface area contributed by atoms with Gasteiger partial charge in [0.2, 0.25) is 0 Å². The van der Waals surface area contributed by atoms with Crippen LogP contribution in [0.4, 0.5) is 0 Å². The highest BCUT2D eigenvalue weighted by Gasteiger charge is 2.31. The van der Waals surface area contributed by atoms with Gasteiger partial charge in [-0.15, -0.1) is 0 Å². The van der Waals surface area contributed by atoms with Crippen LogP contribution in [0.15, 0.2) is 40.9 Å². The SMILES string of the molecule is CCOC(=O)c1c(CN2CCCCC2)n(Cc2ccccc2)c2cc(Br)c3c(c12)CN(C)CO3. The van der Waals surface area contributed by atoms with Gasteiger partial charge in [-0.2, -0.15) is 0 Å². The van der Waals surface area contributed by atoms with Crippen LogP contribution < -0.4 is 4.74 Å². The lowest BCUT2D eigenvalue weighted by atomic mass is 10.0. The molecule has 1 fully saturated rings. The van der Waals surface area contributed by atoms with Crippen LogP contribution in [0.25, 0.3) is 10.9 Å². The Morgan fingerprint density at radius 1 is 1.12 bits per heavy atom. The quantitative estimate of drug-likeness (QED) is 0.403. The molecule has 0 bridgehead atoms. The molecular formula is C27H32BrN3O3. The fourth-order valence-corrected chi connectivity index (χ4v) is 5.82. The second-order valence-electron chi connectivity index (χ2n) is 9.30. The molecule has 34 heavy (non-hydrogen) atoms. The third-order valence-corrected chi connectivity index (χ3v) is 7.40. The zero-order valence-corrected chi connectivity index (χ0v) is 21.6. The zero-order chi connectivity index (χ0) is 23.7. The number of ether oxygens (including phenoxy) is 2. The number of halogens is 1. The minimum absolute atomic E-state index is 0.246. The Balaban J connectivity index is 1.76. The molecule has 0 unspecified atom stereocenters. The molecule has 0 N–H and O–H groups in total. The van der Waals surface area contributed by atoms with E-state index in [4.69, 9.17) is 9.47 Å². The van der Waals surface area contributed by atoms with Gasteiger partial charge in [-0.25, -0.2) is 4.79 Å². The van der Waals surface area contributed by atoms with E-state index < -0.39 is 0 Å². The summed E-state index contributed by atoms with van der Waals surface area (Å²) in [6, 6.07) is 12.6. The molecule has 2 aliphatic heterocycles. The molecule has 1 saturated heterocycles. The van der Waals surface area contributed by atoms with Crippen molar-refractivity contribution in [1.29, 1.82) is 0 Å². The van der Waals surface area contributed by atoms with Crippen molar-refractivity contribution in [3.63, 3.8) is 0 Å². The molecule has 3 aromatic rings. The Morgan fingerprint density at radius 2 is 1.88 bits per heavy atom. The summed E-state index contributed by atoms with van der Waals surface area (Å²) in [6.07, 6.45) is 3.68. The number of carbonyl (C=O) groups excluding carboxylic acids is 1. The van der Waals surface area contributed by atoms with Crippen molar-refractivity contribution in [2.75, 3.05) is 33.5 Å². The van der Waals surface area contributed by atoms with E-state index in [-0.39, 0.29) is 5.97 Å². The number of piperidine rings is 1. The van der Waals surface area contributed by atoms with E-state index >= 15 is 0 Å². The van der Waals surface area contributed by atoms with Crippen molar-refractivity contribution in [2.45, 2.75) is 45.8 Å². The van der Waals surface area contributed by atoms with Gasteiger partial charge in [0.25, 0.3) is 0 Å². The van der Waals surface area contributed by atoms with Gasteiger partial charge in [0.1, 0.15) is 12.5 Å². The predicted octanol–water partition coefficient (Wildman–Crippen LogP) is 5.40. The van der Waals surface area contributed by atoms with Gasteiger partial charge in [0.05, 0.1) is 22.2 Å². The summed E-state index contributed by atoms with van der Waals surface area (Å²) in [5.74, 6) is 0.585. The Hall–Kier alpha value is -2.35. The number of hydrogen-bond acceptors (Lipinski definition) is 5. The average molecular weight is 526 g/mol. The fourth-order valence-electron chi connectivity index (χ4n) is 5.25. The summed E-state index contributed by atoms with van der Waals surface area (Å²) in [7, 11) is 2.04. The van der Waals surface area contributed by atoms with Gasteiger partial charge >= 0.3 is 5.97 Å². The van der Waals surface area contributed by atoms with E-state index in [0.29, 0.717) is 25.4 Å². The van der Waals surface area contributed by atoms with Gasteiger partial charge in [0, 0.05) is 36.3 Å². The number of esters is 1. The summed E-state index contributed by atoms with van der Waals surface area (Å²) >= 11 is 3.76. The van der Waals surface area contributed by atoms with Gasteiger partial charge in [-0.05, 0) is 67.5 Å². The highest BCUT2D eigenvalue weighted by atomic mass is 79.9. The molecule has 1 aromatic heterocycles. The van der Waals surface area contributed by atoms with Crippen LogP contribution in [-0.2, 0) is 24.4 Å². The predicted molar refractivity (Wildman–Crippen MR) is 137 cm³/mol. The number of aromatic nitrogens is 1. The first-order valence-corrected chi connectivity index (χ1v) is 13.0. The van der Waals surface area contributed by atoms with Crippen LogP contribution in [0.1, 0.15) is 53.4 Å². The van der Waals surface area contributed by atoms with Crippen molar-refractivity contribution < 1.29 is 14.3 Å². The maximum Gasteiger partial charge on any atom is 0.340 e. The number of likely N-dealkylation sites (tertiary alicyclic amines) is 1. The second kappa shape index (κ2) is 10.1. The number of nitrogens with zero attached hydrogens (tertiary/aromatic N) is 3. The minimum atomic E-state index is -0.246. The molecule has 0 radical (unpaired) electrons. The van der Waals surface area contributed by atoms with Crippen LogP contribution in [0.2, 0.25) is 0 Å². The molecular weight excluding hydrogens is 494 g/mol. The van der Waals surface area contributed by atoms with Crippen LogP contribution in [0.3, 0.4) is 0 Å². The summed E-state index contributed by atoms with van der Waals surface area (Å²) in [4.78, 5) is 18.1. The second-order valence-corrected chi connectivity index (χ2v) is 10.2. The van der Waals surface area contributed by atoms with Crippen LogP contribution in [0.5, 0.6) is 5.75 Å². The van der Waals surface area contributed by atoms with Crippen molar-refractivity contribution in [2.24, 2.45) is 0 Å². The average Bonchev–Trinajstić information content (AvgIpc) is 3.13. The largest absolute Gasteiger partial charge is 0.477 e. The number of fused-ring (bicyclic) bond motifs is 3. The molecule has 2 aromatic carbocycles. The zero-order valence-electron chi connectivity index (χ0n) is 20.0. The number of carbonyl (C=O) groups is 1. The monoisotopic (exact) mass is 525 g/mol. The van der Waals surface area contributed by atoms with Crippen LogP contribution >= 0.6 is 15.9 Å². The van der Waals surface area contributed by atoms with Crippen LogP contribution in [0, 0.1) is 0 Å². The molecule has 3 heterocycles. The smallest absolute Gasteiger partial charge is 0.340 e. The topological polar surface area (TPSA) is 46.9 Å². The maximum absolute atomic E-state index is 13.5. The van der Waals surface area contributed by atoms with Gasteiger partial charge < -0.3 is 14.0 Å². The number of rotatable bonds is 6. The summed E-state index contributed by atoms with van der Waals surface area (Å²) in [5, 5.41) is 0.964. The molecule has 6 nitrogen and oxygen atoms in total. The van der Waals surface area contributed by atoms with Gasteiger partial charge in [0.15, 0.2) is 0 Å². The lowest BCUT2D eigenvalue weighted by molar-refractivity contribution is 0.0525. The maximum atomic E-state index is 13.5. The molecule has 5 rings (SSSR count). The summed E-state index contributed by atoms with van der Waals surface area (Å²) < 4.78 is 15.0. The highest BCUT2D eigenvalue weighted by molar-refractivity contribution is 9.10. The Morgan fingerprint density at radius 3 is 2.62 bits per heavy atom. The summed E-state index contributed by atoms with van der Waals surface area (Å²) in [5.41, 5.74) is 5.03. The third-order valence-electron chi connectivity index (χ3n) is 6.81. The molecule has 0 atom stereocenters. The van der Waals surface area contributed by atoms with Crippen LogP contribution in [-0.4, -0.2) is 53.8 Å². The first-order valence-electron chi connectivity index (χ1n) is 12.2. The molecule has 0 saturated carbocycles. The normalized spacial score (nSPS) is 16.9. The van der Waals surface area contributed by atoms with E-state index in [0.717, 1.165) is 58.6 Å². The third kappa shape index (κ3) is 4.49. The minimum Gasteiger partial charge on any atom is -0.477 e. The lowest BCUT2D eigenvalue weighted by Gasteiger charge is -2.27.